The van der Waals surface area contributed by atoms with Gasteiger partial charge in [-0.3, -0.25) is 4.79 Å². The molecule has 4 heteroatoms. The van der Waals surface area contributed by atoms with Crippen molar-refractivity contribution < 1.29 is 14.3 Å². The summed E-state index contributed by atoms with van der Waals surface area (Å²) in [6, 6.07) is -0.554. The molecule has 2 N–H and O–H groups in total. The SMILES string of the molecule is COC(=O)[C@H](N)C1(C)COC1. The van der Waals surface area contributed by atoms with Gasteiger partial charge in [-0.2, -0.15) is 0 Å². The second-order valence-electron chi connectivity index (χ2n) is 3.15. The van der Waals surface area contributed by atoms with Crippen LogP contribution in [-0.4, -0.2) is 32.3 Å². The van der Waals surface area contributed by atoms with Gasteiger partial charge in [0.05, 0.1) is 20.3 Å². The van der Waals surface area contributed by atoms with Gasteiger partial charge in [0, 0.05) is 5.41 Å². The van der Waals surface area contributed by atoms with Crippen LogP contribution in [0.15, 0.2) is 0 Å². The smallest absolute Gasteiger partial charge is 0.323 e. The van der Waals surface area contributed by atoms with Gasteiger partial charge in [-0.05, 0) is 0 Å². The molecule has 0 unspecified atom stereocenters. The predicted octanol–water partition coefficient (Wildman–Crippen LogP) is -0.477. The summed E-state index contributed by atoms with van der Waals surface area (Å²) in [5.74, 6) is -0.365. The Balaban J connectivity index is 2.52. The average molecular weight is 159 g/mol. The lowest BCUT2D eigenvalue weighted by Gasteiger charge is -2.41. The standard InChI is InChI=1S/C7H13NO3/c1-7(3-11-4-7)5(8)6(9)10-2/h5H,3-4,8H2,1-2H3/t5-/m0/s1. The van der Waals surface area contributed by atoms with E-state index in [1.54, 1.807) is 0 Å². The maximum absolute atomic E-state index is 10.9. The third-order valence-corrected chi connectivity index (χ3v) is 2.07. The topological polar surface area (TPSA) is 61.5 Å². The van der Waals surface area contributed by atoms with Crippen LogP contribution < -0.4 is 5.73 Å². The van der Waals surface area contributed by atoms with Gasteiger partial charge in [-0.25, -0.2) is 0 Å². The molecule has 0 aromatic carbocycles. The minimum Gasteiger partial charge on any atom is -0.468 e. The van der Waals surface area contributed by atoms with Crippen LogP contribution >= 0.6 is 0 Å². The van der Waals surface area contributed by atoms with E-state index in [9.17, 15) is 4.79 Å². The number of methoxy groups -OCH3 is 1. The van der Waals surface area contributed by atoms with E-state index in [4.69, 9.17) is 10.5 Å². The maximum atomic E-state index is 10.9. The minimum atomic E-state index is -0.554. The molecule has 0 aliphatic carbocycles. The highest BCUT2D eigenvalue weighted by molar-refractivity contribution is 5.76. The third-order valence-electron chi connectivity index (χ3n) is 2.07. The van der Waals surface area contributed by atoms with E-state index in [-0.39, 0.29) is 11.4 Å². The van der Waals surface area contributed by atoms with Crippen molar-refractivity contribution in [3.05, 3.63) is 0 Å². The molecule has 1 saturated heterocycles. The molecule has 4 nitrogen and oxygen atoms in total. The summed E-state index contributed by atoms with van der Waals surface area (Å²) in [7, 11) is 1.34. The van der Waals surface area contributed by atoms with Crippen molar-refractivity contribution in [3.8, 4) is 0 Å². The van der Waals surface area contributed by atoms with Crippen LogP contribution in [0, 0.1) is 5.41 Å². The Morgan fingerprint density at radius 2 is 2.27 bits per heavy atom. The normalized spacial score (nSPS) is 23.5. The molecule has 0 radical (unpaired) electrons. The lowest BCUT2D eigenvalue weighted by molar-refractivity contribution is -0.161. The zero-order valence-electron chi connectivity index (χ0n) is 6.79. The molecule has 0 amide bonds. The number of hydrogen-bond acceptors (Lipinski definition) is 4. The largest absolute Gasteiger partial charge is 0.468 e. The van der Waals surface area contributed by atoms with E-state index in [0.717, 1.165) is 0 Å². The summed E-state index contributed by atoms with van der Waals surface area (Å²) >= 11 is 0. The highest BCUT2D eigenvalue weighted by Crippen LogP contribution is 2.29. The zero-order chi connectivity index (χ0) is 8.48. The van der Waals surface area contributed by atoms with E-state index >= 15 is 0 Å². The number of hydrogen-bond donors (Lipinski definition) is 1. The molecule has 11 heavy (non-hydrogen) atoms. The Morgan fingerprint density at radius 1 is 1.73 bits per heavy atom. The number of carbonyl (C=O) groups is 1. The monoisotopic (exact) mass is 159 g/mol. The summed E-state index contributed by atoms with van der Waals surface area (Å²) in [6.45, 7) is 3.00. The van der Waals surface area contributed by atoms with E-state index in [1.807, 2.05) is 6.92 Å². The summed E-state index contributed by atoms with van der Waals surface area (Å²) in [5.41, 5.74) is 5.40. The molecule has 0 aromatic rings. The maximum Gasteiger partial charge on any atom is 0.323 e. The molecule has 1 heterocycles. The van der Waals surface area contributed by atoms with Gasteiger partial charge < -0.3 is 15.2 Å². The van der Waals surface area contributed by atoms with E-state index < -0.39 is 6.04 Å². The van der Waals surface area contributed by atoms with Crippen molar-refractivity contribution in [2.24, 2.45) is 11.1 Å². The second-order valence-corrected chi connectivity index (χ2v) is 3.15. The Bertz CT molecular complexity index is 165. The van der Waals surface area contributed by atoms with Gasteiger partial charge >= 0.3 is 5.97 Å². The van der Waals surface area contributed by atoms with Crippen molar-refractivity contribution in [2.45, 2.75) is 13.0 Å². The highest BCUT2D eigenvalue weighted by Gasteiger charge is 2.43. The summed E-state index contributed by atoms with van der Waals surface area (Å²) < 4.78 is 9.48. The lowest BCUT2D eigenvalue weighted by Crippen LogP contribution is -2.57. The van der Waals surface area contributed by atoms with Gasteiger partial charge in [-0.1, -0.05) is 6.92 Å². The first-order valence-corrected chi connectivity index (χ1v) is 3.51. The first kappa shape index (κ1) is 8.49. The van der Waals surface area contributed by atoms with Crippen LogP contribution in [0.2, 0.25) is 0 Å². The molecule has 1 aliphatic rings. The number of esters is 1. The van der Waals surface area contributed by atoms with Gasteiger partial charge in [0.1, 0.15) is 6.04 Å². The predicted molar refractivity (Wildman–Crippen MR) is 38.9 cm³/mol. The average Bonchev–Trinajstić information content (AvgIpc) is 1.97. The molecular formula is C7H13NO3. The fraction of sp³-hybridized carbons (Fsp3) is 0.857. The molecule has 0 bridgehead atoms. The van der Waals surface area contributed by atoms with E-state index in [2.05, 4.69) is 4.74 Å². The van der Waals surface area contributed by atoms with Gasteiger partial charge in [0.2, 0.25) is 0 Å². The van der Waals surface area contributed by atoms with E-state index in [1.165, 1.54) is 7.11 Å². The van der Waals surface area contributed by atoms with Crippen molar-refractivity contribution >= 4 is 5.97 Å². The number of ether oxygens (including phenoxy) is 2. The van der Waals surface area contributed by atoms with Crippen LogP contribution in [0.25, 0.3) is 0 Å². The number of rotatable bonds is 2. The molecular weight excluding hydrogens is 146 g/mol. The fourth-order valence-electron chi connectivity index (χ4n) is 1.02. The van der Waals surface area contributed by atoms with Crippen LogP contribution in [0.5, 0.6) is 0 Å². The van der Waals surface area contributed by atoms with Gasteiger partial charge in [-0.15, -0.1) is 0 Å². The van der Waals surface area contributed by atoms with Crippen molar-refractivity contribution in [1.29, 1.82) is 0 Å². The van der Waals surface area contributed by atoms with Crippen molar-refractivity contribution in [3.63, 3.8) is 0 Å². The van der Waals surface area contributed by atoms with Gasteiger partial charge in [0.15, 0.2) is 0 Å². The lowest BCUT2D eigenvalue weighted by atomic mass is 9.81. The van der Waals surface area contributed by atoms with Crippen LogP contribution in [0.4, 0.5) is 0 Å². The summed E-state index contributed by atoms with van der Waals surface area (Å²) in [6.07, 6.45) is 0. The molecule has 1 rings (SSSR count). The van der Waals surface area contributed by atoms with Crippen LogP contribution in [0.3, 0.4) is 0 Å². The van der Waals surface area contributed by atoms with Gasteiger partial charge in [0.25, 0.3) is 0 Å². The molecule has 0 aromatic heterocycles. The number of nitrogens with two attached hydrogens (primary N) is 1. The van der Waals surface area contributed by atoms with E-state index in [0.29, 0.717) is 13.2 Å². The van der Waals surface area contributed by atoms with Crippen molar-refractivity contribution in [1.82, 2.24) is 0 Å². The highest BCUT2D eigenvalue weighted by atomic mass is 16.5. The zero-order valence-corrected chi connectivity index (χ0v) is 6.79. The van der Waals surface area contributed by atoms with Crippen LogP contribution in [-0.2, 0) is 14.3 Å². The molecule has 64 valence electrons. The minimum absolute atomic E-state index is 0.215. The summed E-state index contributed by atoms with van der Waals surface area (Å²) in [5, 5.41) is 0. The first-order chi connectivity index (χ1) is 5.10. The van der Waals surface area contributed by atoms with Crippen LogP contribution in [0.1, 0.15) is 6.92 Å². The molecule has 1 aliphatic heterocycles. The first-order valence-electron chi connectivity index (χ1n) is 3.51. The number of carbonyl (C=O) groups excluding carboxylic acids is 1. The summed E-state index contributed by atoms with van der Waals surface area (Å²) in [4.78, 5) is 10.9. The van der Waals surface area contributed by atoms with Crippen molar-refractivity contribution in [2.75, 3.05) is 20.3 Å². The Hall–Kier alpha value is -0.610. The fourth-order valence-corrected chi connectivity index (χ4v) is 1.02. The third kappa shape index (κ3) is 1.36. The Labute approximate surface area is 65.7 Å². The quantitative estimate of drug-likeness (QED) is 0.553. The molecule has 1 fully saturated rings. The molecule has 0 saturated carbocycles. The Morgan fingerprint density at radius 3 is 2.55 bits per heavy atom. The Kier molecular flexibility index (Phi) is 2.15. The second kappa shape index (κ2) is 2.79. The molecule has 0 spiro atoms. The molecule has 1 atom stereocenters.